The van der Waals surface area contributed by atoms with Crippen LogP contribution in [0.25, 0.3) is 0 Å². The number of ether oxygens (including phenoxy) is 1. The van der Waals surface area contributed by atoms with Crippen LogP contribution in [0.5, 0.6) is 0 Å². The SMILES string of the molecule is COCCNCCNC(=O)CC(NC(C)=O)c1ccc(Br)cc1. The predicted molar refractivity (Wildman–Crippen MR) is 93.1 cm³/mol. The van der Waals surface area contributed by atoms with E-state index in [-0.39, 0.29) is 24.3 Å². The third kappa shape index (κ3) is 8.68. The topological polar surface area (TPSA) is 79.5 Å². The minimum absolute atomic E-state index is 0.0970. The first-order valence-electron chi connectivity index (χ1n) is 7.52. The largest absolute Gasteiger partial charge is 0.383 e. The van der Waals surface area contributed by atoms with E-state index in [1.54, 1.807) is 7.11 Å². The standard InChI is InChI=1S/C16H24BrN3O3/c1-12(21)20-15(13-3-5-14(17)6-4-13)11-16(22)19-8-7-18-9-10-23-2/h3-6,15,18H,7-11H2,1-2H3,(H,19,22)(H,20,21). The van der Waals surface area contributed by atoms with Crippen molar-refractivity contribution in [3.05, 3.63) is 34.3 Å². The summed E-state index contributed by atoms with van der Waals surface area (Å²) in [5.74, 6) is -0.257. The molecule has 1 rings (SSSR count). The molecule has 0 aromatic heterocycles. The lowest BCUT2D eigenvalue weighted by Gasteiger charge is -2.18. The molecule has 0 saturated heterocycles. The summed E-state index contributed by atoms with van der Waals surface area (Å²) in [6.45, 7) is 4.05. The number of rotatable bonds is 10. The van der Waals surface area contributed by atoms with Gasteiger partial charge >= 0.3 is 0 Å². The maximum atomic E-state index is 12.0. The minimum atomic E-state index is -0.331. The molecule has 1 aromatic carbocycles. The third-order valence-corrected chi connectivity index (χ3v) is 3.67. The van der Waals surface area contributed by atoms with Crippen LogP contribution in [-0.4, -0.2) is 45.2 Å². The summed E-state index contributed by atoms with van der Waals surface area (Å²) in [7, 11) is 1.65. The molecule has 23 heavy (non-hydrogen) atoms. The molecule has 0 heterocycles. The van der Waals surface area contributed by atoms with Crippen LogP contribution in [0.4, 0.5) is 0 Å². The Morgan fingerprint density at radius 1 is 1.17 bits per heavy atom. The van der Waals surface area contributed by atoms with Gasteiger partial charge in [0.1, 0.15) is 0 Å². The number of nitrogens with one attached hydrogen (secondary N) is 3. The molecule has 0 aliphatic carbocycles. The van der Waals surface area contributed by atoms with Gasteiger partial charge in [-0.1, -0.05) is 28.1 Å². The van der Waals surface area contributed by atoms with Crippen molar-refractivity contribution >= 4 is 27.7 Å². The highest BCUT2D eigenvalue weighted by molar-refractivity contribution is 9.10. The number of hydrogen-bond acceptors (Lipinski definition) is 4. The summed E-state index contributed by atoms with van der Waals surface area (Å²) in [6.07, 6.45) is 0.208. The maximum Gasteiger partial charge on any atom is 0.222 e. The Bertz CT molecular complexity index is 494. The summed E-state index contributed by atoms with van der Waals surface area (Å²) in [5.41, 5.74) is 0.900. The lowest BCUT2D eigenvalue weighted by molar-refractivity contribution is -0.122. The number of benzene rings is 1. The van der Waals surface area contributed by atoms with Gasteiger partial charge in [0.25, 0.3) is 0 Å². The fourth-order valence-electron chi connectivity index (χ4n) is 2.04. The van der Waals surface area contributed by atoms with Gasteiger partial charge in [-0.2, -0.15) is 0 Å². The molecule has 1 aromatic rings. The van der Waals surface area contributed by atoms with E-state index in [2.05, 4.69) is 31.9 Å². The van der Waals surface area contributed by atoms with E-state index in [1.807, 2.05) is 24.3 Å². The highest BCUT2D eigenvalue weighted by atomic mass is 79.9. The van der Waals surface area contributed by atoms with Gasteiger partial charge in [0.2, 0.25) is 11.8 Å². The van der Waals surface area contributed by atoms with Crippen molar-refractivity contribution in [1.82, 2.24) is 16.0 Å². The second kappa shape index (κ2) is 11.2. The molecule has 3 N–H and O–H groups in total. The van der Waals surface area contributed by atoms with E-state index in [1.165, 1.54) is 6.92 Å². The minimum Gasteiger partial charge on any atom is -0.383 e. The van der Waals surface area contributed by atoms with Crippen LogP contribution in [0.1, 0.15) is 24.9 Å². The number of hydrogen-bond donors (Lipinski definition) is 3. The Balaban J connectivity index is 2.45. The van der Waals surface area contributed by atoms with Crippen molar-refractivity contribution in [3.8, 4) is 0 Å². The van der Waals surface area contributed by atoms with Crippen molar-refractivity contribution in [2.24, 2.45) is 0 Å². The normalized spacial score (nSPS) is 11.8. The molecule has 1 atom stereocenters. The molecule has 6 nitrogen and oxygen atoms in total. The van der Waals surface area contributed by atoms with E-state index in [4.69, 9.17) is 4.74 Å². The molecule has 128 valence electrons. The molecular formula is C16H24BrN3O3. The maximum absolute atomic E-state index is 12.0. The molecule has 0 aliphatic rings. The van der Waals surface area contributed by atoms with Gasteiger partial charge in [0.15, 0.2) is 0 Å². The van der Waals surface area contributed by atoms with E-state index >= 15 is 0 Å². The molecular weight excluding hydrogens is 362 g/mol. The second-order valence-corrected chi connectivity index (χ2v) is 6.02. The molecule has 2 amide bonds. The third-order valence-electron chi connectivity index (χ3n) is 3.15. The first-order valence-corrected chi connectivity index (χ1v) is 8.31. The summed E-state index contributed by atoms with van der Waals surface area (Å²) in [5, 5.41) is 8.81. The van der Waals surface area contributed by atoms with Gasteiger partial charge < -0.3 is 20.7 Å². The quantitative estimate of drug-likeness (QED) is 0.531. The monoisotopic (exact) mass is 385 g/mol. The highest BCUT2D eigenvalue weighted by Gasteiger charge is 2.16. The second-order valence-electron chi connectivity index (χ2n) is 5.10. The summed E-state index contributed by atoms with van der Waals surface area (Å²) in [6, 6.07) is 7.24. The lowest BCUT2D eigenvalue weighted by atomic mass is 10.0. The van der Waals surface area contributed by atoms with Crippen molar-refractivity contribution in [1.29, 1.82) is 0 Å². The zero-order chi connectivity index (χ0) is 17.1. The van der Waals surface area contributed by atoms with Crippen LogP contribution < -0.4 is 16.0 Å². The van der Waals surface area contributed by atoms with Gasteiger partial charge in [-0.25, -0.2) is 0 Å². The van der Waals surface area contributed by atoms with Gasteiger partial charge in [-0.05, 0) is 17.7 Å². The van der Waals surface area contributed by atoms with Crippen LogP contribution in [0, 0.1) is 0 Å². The number of halogens is 1. The number of methoxy groups -OCH3 is 1. The lowest BCUT2D eigenvalue weighted by Crippen LogP contribution is -2.36. The zero-order valence-corrected chi connectivity index (χ0v) is 15.1. The summed E-state index contributed by atoms with van der Waals surface area (Å²) in [4.78, 5) is 23.4. The molecule has 0 bridgehead atoms. The van der Waals surface area contributed by atoms with Crippen molar-refractivity contribution in [2.75, 3.05) is 33.4 Å². The first-order chi connectivity index (χ1) is 11.0. The fourth-order valence-corrected chi connectivity index (χ4v) is 2.30. The first kappa shape index (κ1) is 19.6. The van der Waals surface area contributed by atoms with Gasteiger partial charge in [-0.3, -0.25) is 9.59 Å². The van der Waals surface area contributed by atoms with E-state index < -0.39 is 0 Å². The van der Waals surface area contributed by atoms with E-state index in [0.717, 1.165) is 16.6 Å². The Hall–Kier alpha value is -1.44. The van der Waals surface area contributed by atoms with E-state index in [9.17, 15) is 9.59 Å². The molecule has 1 unspecified atom stereocenters. The highest BCUT2D eigenvalue weighted by Crippen LogP contribution is 2.19. The zero-order valence-electron chi connectivity index (χ0n) is 13.5. The Morgan fingerprint density at radius 3 is 2.48 bits per heavy atom. The molecule has 0 spiro atoms. The summed E-state index contributed by atoms with van der Waals surface area (Å²) >= 11 is 3.37. The molecule has 0 saturated carbocycles. The Labute approximate surface area is 145 Å². The summed E-state index contributed by atoms with van der Waals surface area (Å²) < 4.78 is 5.88. The van der Waals surface area contributed by atoms with Crippen LogP contribution in [0.2, 0.25) is 0 Å². The van der Waals surface area contributed by atoms with E-state index in [0.29, 0.717) is 19.7 Å². The van der Waals surface area contributed by atoms with Crippen LogP contribution >= 0.6 is 15.9 Å². The molecule has 0 fully saturated rings. The number of carbonyl (C=O) groups is 2. The van der Waals surface area contributed by atoms with Crippen LogP contribution in [0.3, 0.4) is 0 Å². The van der Waals surface area contributed by atoms with Crippen molar-refractivity contribution < 1.29 is 14.3 Å². The number of carbonyl (C=O) groups excluding carboxylic acids is 2. The Morgan fingerprint density at radius 2 is 1.87 bits per heavy atom. The van der Waals surface area contributed by atoms with Gasteiger partial charge in [-0.15, -0.1) is 0 Å². The smallest absolute Gasteiger partial charge is 0.222 e. The molecule has 7 heteroatoms. The van der Waals surface area contributed by atoms with Gasteiger partial charge in [0, 0.05) is 38.1 Å². The van der Waals surface area contributed by atoms with Crippen LogP contribution in [-0.2, 0) is 14.3 Å². The van der Waals surface area contributed by atoms with Gasteiger partial charge in [0.05, 0.1) is 19.1 Å². The average molecular weight is 386 g/mol. The molecule has 0 radical (unpaired) electrons. The fraction of sp³-hybridized carbons (Fsp3) is 0.500. The van der Waals surface area contributed by atoms with Crippen LogP contribution in [0.15, 0.2) is 28.7 Å². The molecule has 0 aliphatic heterocycles. The Kier molecular flexibility index (Phi) is 9.51. The van der Waals surface area contributed by atoms with Crippen molar-refractivity contribution in [2.45, 2.75) is 19.4 Å². The number of amides is 2. The average Bonchev–Trinajstić information content (AvgIpc) is 2.50. The predicted octanol–water partition coefficient (Wildman–Crippen LogP) is 1.37. The van der Waals surface area contributed by atoms with Crippen molar-refractivity contribution in [3.63, 3.8) is 0 Å².